The van der Waals surface area contributed by atoms with Crippen molar-refractivity contribution in [2.45, 2.75) is 12.8 Å². The van der Waals surface area contributed by atoms with Crippen molar-refractivity contribution in [3.63, 3.8) is 0 Å². The van der Waals surface area contributed by atoms with Crippen LogP contribution in [0.5, 0.6) is 0 Å². The highest BCUT2D eigenvalue weighted by Gasteiger charge is 2.44. The fourth-order valence-corrected chi connectivity index (χ4v) is 3.62. The number of para-hydroxylation sites is 1. The third-order valence-corrected chi connectivity index (χ3v) is 4.87. The molecule has 3 rings (SSSR count). The van der Waals surface area contributed by atoms with Crippen LogP contribution in [-0.2, 0) is 16.6 Å². The van der Waals surface area contributed by atoms with E-state index in [1.807, 2.05) is 42.1 Å². The Balaban J connectivity index is 1.93. The second kappa shape index (κ2) is 6.28. The summed E-state index contributed by atoms with van der Waals surface area (Å²) >= 11 is 0. The molecule has 1 unspecified atom stereocenters. The molecule has 0 spiro atoms. The van der Waals surface area contributed by atoms with Crippen molar-refractivity contribution in [1.29, 1.82) is 0 Å². The van der Waals surface area contributed by atoms with E-state index in [9.17, 15) is 14.7 Å². The molecule has 1 aliphatic heterocycles. The molecule has 0 radical (unpaired) electrons. The van der Waals surface area contributed by atoms with Gasteiger partial charge < -0.3 is 19.3 Å². The maximum absolute atomic E-state index is 13.0. The smallest absolute Gasteiger partial charge is 0.313 e. The van der Waals surface area contributed by atoms with Crippen molar-refractivity contribution in [2.75, 3.05) is 26.8 Å². The van der Waals surface area contributed by atoms with Crippen molar-refractivity contribution >= 4 is 22.8 Å². The number of methoxy groups -OCH3 is 1. The molecule has 0 saturated carbocycles. The zero-order valence-corrected chi connectivity index (χ0v) is 14.0. The van der Waals surface area contributed by atoms with Gasteiger partial charge in [-0.25, -0.2) is 0 Å². The van der Waals surface area contributed by atoms with Crippen molar-refractivity contribution in [3.05, 3.63) is 36.0 Å². The summed E-state index contributed by atoms with van der Waals surface area (Å²) < 4.78 is 7.05. The summed E-state index contributed by atoms with van der Waals surface area (Å²) in [6.45, 7) is 0.862. The third-order valence-electron chi connectivity index (χ3n) is 4.87. The second-order valence-corrected chi connectivity index (χ2v) is 6.52. The Labute approximate surface area is 140 Å². The van der Waals surface area contributed by atoms with Gasteiger partial charge in [0, 0.05) is 44.3 Å². The van der Waals surface area contributed by atoms with E-state index in [1.165, 1.54) is 7.11 Å². The first-order valence-electron chi connectivity index (χ1n) is 8.04. The van der Waals surface area contributed by atoms with Crippen LogP contribution in [0.15, 0.2) is 30.5 Å². The summed E-state index contributed by atoms with van der Waals surface area (Å²) in [4.78, 5) is 26.4. The highest BCUT2D eigenvalue weighted by Crippen LogP contribution is 2.32. The predicted molar refractivity (Wildman–Crippen MR) is 90.0 cm³/mol. The van der Waals surface area contributed by atoms with Crippen LogP contribution in [-0.4, -0.2) is 53.3 Å². The van der Waals surface area contributed by atoms with Crippen LogP contribution in [0.2, 0.25) is 0 Å². The summed E-state index contributed by atoms with van der Waals surface area (Å²) in [7, 11) is 3.40. The summed E-state index contributed by atoms with van der Waals surface area (Å²) in [5.41, 5.74) is 0.582. The maximum atomic E-state index is 13.0. The van der Waals surface area contributed by atoms with Crippen molar-refractivity contribution in [2.24, 2.45) is 12.5 Å². The lowest BCUT2D eigenvalue weighted by Gasteiger charge is -2.39. The molecule has 1 aromatic heterocycles. The minimum absolute atomic E-state index is 0.113. The number of likely N-dealkylation sites (tertiary alicyclic amines) is 1. The number of hydrogen-bond acceptors (Lipinski definition) is 3. The fraction of sp³-hybridized carbons (Fsp3) is 0.444. The highest BCUT2D eigenvalue weighted by atomic mass is 16.5. The molecule has 128 valence electrons. The first kappa shape index (κ1) is 16.5. The molecule has 1 aliphatic rings. The van der Waals surface area contributed by atoms with Crippen LogP contribution < -0.4 is 0 Å². The number of carbonyl (C=O) groups is 2. The zero-order chi connectivity index (χ0) is 17.3. The average Bonchev–Trinajstić information content (AvgIpc) is 2.92. The van der Waals surface area contributed by atoms with Crippen molar-refractivity contribution < 1.29 is 19.4 Å². The third kappa shape index (κ3) is 2.67. The Morgan fingerprint density at radius 2 is 2.08 bits per heavy atom. The second-order valence-electron chi connectivity index (χ2n) is 6.52. The molecule has 1 fully saturated rings. The van der Waals surface area contributed by atoms with Gasteiger partial charge >= 0.3 is 5.97 Å². The van der Waals surface area contributed by atoms with Crippen LogP contribution in [0.1, 0.15) is 23.2 Å². The first-order chi connectivity index (χ1) is 11.5. The Morgan fingerprint density at radius 1 is 1.33 bits per heavy atom. The first-order valence-corrected chi connectivity index (χ1v) is 8.04. The van der Waals surface area contributed by atoms with Gasteiger partial charge in [-0.1, -0.05) is 18.2 Å². The number of rotatable bonds is 4. The number of nitrogens with zero attached hydrogens (tertiary/aromatic N) is 2. The lowest BCUT2D eigenvalue weighted by molar-refractivity contribution is -0.155. The van der Waals surface area contributed by atoms with Gasteiger partial charge in [-0.15, -0.1) is 0 Å². The lowest BCUT2D eigenvalue weighted by Crippen LogP contribution is -2.52. The van der Waals surface area contributed by atoms with Gasteiger partial charge in [0.1, 0.15) is 5.41 Å². The number of piperidine rings is 1. The SMILES string of the molecule is COCC1(C(=O)O)CCCN(C(=O)c2cn(C)c3ccccc23)C1. The topological polar surface area (TPSA) is 71.8 Å². The number of aryl methyl sites for hydroxylation is 1. The summed E-state index contributed by atoms with van der Waals surface area (Å²) in [5, 5.41) is 10.5. The number of aromatic nitrogens is 1. The molecule has 1 amide bonds. The molecule has 1 aromatic carbocycles. The quantitative estimate of drug-likeness (QED) is 0.932. The molecule has 0 aliphatic carbocycles. The summed E-state index contributed by atoms with van der Waals surface area (Å²) in [6, 6.07) is 7.73. The summed E-state index contributed by atoms with van der Waals surface area (Å²) in [6.07, 6.45) is 3.00. The van der Waals surface area contributed by atoms with Crippen LogP contribution in [0.25, 0.3) is 10.9 Å². The Bertz CT molecular complexity index is 778. The van der Waals surface area contributed by atoms with Gasteiger partial charge in [0.2, 0.25) is 0 Å². The van der Waals surface area contributed by atoms with E-state index in [4.69, 9.17) is 4.74 Å². The number of amides is 1. The molecule has 6 heteroatoms. The van der Waals surface area contributed by atoms with E-state index in [0.29, 0.717) is 24.9 Å². The zero-order valence-electron chi connectivity index (χ0n) is 14.0. The molecule has 6 nitrogen and oxygen atoms in total. The number of aliphatic carboxylic acids is 1. The minimum Gasteiger partial charge on any atom is -0.481 e. The number of benzene rings is 1. The molecule has 1 saturated heterocycles. The van der Waals surface area contributed by atoms with E-state index in [0.717, 1.165) is 10.9 Å². The van der Waals surface area contributed by atoms with E-state index in [-0.39, 0.29) is 19.1 Å². The predicted octanol–water partition coefficient (Wildman–Crippen LogP) is 2.13. The minimum atomic E-state index is -1.02. The number of carboxylic acids is 1. The molecular weight excluding hydrogens is 308 g/mol. The molecular formula is C18H22N2O4. The van der Waals surface area contributed by atoms with Gasteiger partial charge in [-0.3, -0.25) is 9.59 Å². The van der Waals surface area contributed by atoms with Crippen molar-refractivity contribution in [1.82, 2.24) is 9.47 Å². The normalized spacial score (nSPS) is 21.2. The van der Waals surface area contributed by atoms with Gasteiger partial charge in [0.25, 0.3) is 5.91 Å². The number of carbonyl (C=O) groups excluding carboxylic acids is 1. The van der Waals surface area contributed by atoms with Gasteiger partial charge in [-0.05, 0) is 18.9 Å². The van der Waals surface area contributed by atoms with Crippen LogP contribution in [0, 0.1) is 5.41 Å². The van der Waals surface area contributed by atoms with E-state index in [1.54, 1.807) is 4.90 Å². The van der Waals surface area contributed by atoms with E-state index < -0.39 is 11.4 Å². The molecule has 0 bridgehead atoms. The number of hydrogen-bond donors (Lipinski definition) is 1. The molecule has 1 N–H and O–H groups in total. The molecule has 1 atom stereocenters. The molecule has 2 aromatic rings. The Hall–Kier alpha value is -2.34. The van der Waals surface area contributed by atoms with Crippen molar-refractivity contribution in [3.8, 4) is 0 Å². The van der Waals surface area contributed by atoms with Gasteiger partial charge in [0.15, 0.2) is 0 Å². The number of fused-ring (bicyclic) bond motifs is 1. The van der Waals surface area contributed by atoms with Crippen LogP contribution in [0.4, 0.5) is 0 Å². The number of ether oxygens (including phenoxy) is 1. The fourth-order valence-electron chi connectivity index (χ4n) is 3.62. The van der Waals surface area contributed by atoms with Gasteiger partial charge in [0.05, 0.1) is 12.2 Å². The van der Waals surface area contributed by atoms with E-state index in [2.05, 4.69) is 0 Å². The monoisotopic (exact) mass is 330 g/mol. The van der Waals surface area contributed by atoms with Crippen LogP contribution >= 0.6 is 0 Å². The van der Waals surface area contributed by atoms with Gasteiger partial charge in [-0.2, -0.15) is 0 Å². The maximum Gasteiger partial charge on any atom is 0.313 e. The lowest BCUT2D eigenvalue weighted by atomic mass is 9.80. The highest BCUT2D eigenvalue weighted by molar-refractivity contribution is 6.07. The standard InChI is InChI=1S/C18H22N2O4/c1-19-10-14(13-6-3-4-7-15(13)19)16(21)20-9-5-8-18(11-20,12-24-2)17(22)23/h3-4,6-7,10H,5,8-9,11-12H2,1-2H3,(H,22,23). The average molecular weight is 330 g/mol. The Kier molecular flexibility index (Phi) is 4.32. The molecule has 2 heterocycles. The van der Waals surface area contributed by atoms with E-state index >= 15 is 0 Å². The summed E-state index contributed by atoms with van der Waals surface area (Å²) in [5.74, 6) is -1.02. The number of carboxylic acid groups (broad SMARTS) is 1. The Morgan fingerprint density at radius 3 is 2.79 bits per heavy atom. The molecule has 24 heavy (non-hydrogen) atoms. The largest absolute Gasteiger partial charge is 0.481 e. The van der Waals surface area contributed by atoms with Crippen LogP contribution in [0.3, 0.4) is 0 Å².